The third-order valence-electron chi connectivity index (χ3n) is 4.47. The van der Waals surface area contributed by atoms with E-state index in [2.05, 4.69) is 55.5 Å². The highest BCUT2D eigenvalue weighted by Gasteiger charge is 2.25. The molecule has 3 aromatic rings. The molecule has 27 heavy (non-hydrogen) atoms. The predicted octanol–water partition coefficient (Wildman–Crippen LogP) is 6.82. The zero-order chi connectivity index (χ0) is 19.3. The van der Waals surface area contributed by atoms with Crippen molar-refractivity contribution < 1.29 is 13.6 Å². The lowest BCUT2D eigenvalue weighted by atomic mass is 10.0. The molecule has 0 spiro atoms. The molecule has 3 nitrogen and oxygen atoms in total. The molecular formula is C22H27O3PS. The van der Waals surface area contributed by atoms with E-state index in [4.69, 9.17) is 9.05 Å². The van der Waals surface area contributed by atoms with Gasteiger partial charge < -0.3 is 9.05 Å². The molecule has 5 heteroatoms. The van der Waals surface area contributed by atoms with Gasteiger partial charge in [-0.2, -0.15) is 0 Å². The number of rotatable bonds is 9. The molecule has 0 unspecified atom stereocenters. The van der Waals surface area contributed by atoms with Crippen LogP contribution in [0.3, 0.4) is 0 Å². The first kappa shape index (κ1) is 20.3. The Kier molecular flexibility index (Phi) is 6.88. The number of benzene rings is 2. The molecule has 1 aromatic heterocycles. The van der Waals surface area contributed by atoms with Gasteiger partial charge in [0.25, 0.3) is 0 Å². The van der Waals surface area contributed by atoms with Crippen LogP contribution in [0.5, 0.6) is 0 Å². The van der Waals surface area contributed by atoms with Gasteiger partial charge in [-0.05, 0) is 67.0 Å². The van der Waals surface area contributed by atoms with Crippen molar-refractivity contribution in [3.05, 3.63) is 70.1 Å². The largest absolute Gasteiger partial charge is 0.335 e. The van der Waals surface area contributed by atoms with Crippen LogP contribution >= 0.6 is 18.9 Å². The molecule has 0 aliphatic carbocycles. The summed E-state index contributed by atoms with van der Waals surface area (Å²) in [7, 11) is -3.06. The normalized spacial score (nSPS) is 12.0. The zero-order valence-corrected chi connectivity index (χ0v) is 17.9. The standard InChI is InChI=1S/C22H27O3PS/c1-4-17-7-9-18(10-8-17)13-19-11-12-22-20(14-19)15-21(27-22)16-26(23,24-5-2)25-6-3/h7-12,14-15H,4-6,13,16H2,1-3H3. The highest BCUT2D eigenvalue weighted by molar-refractivity contribution is 7.53. The van der Waals surface area contributed by atoms with E-state index in [-0.39, 0.29) is 0 Å². The summed E-state index contributed by atoms with van der Waals surface area (Å²) in [6, 6.07) is 17.5. The van der Waals surface area contributed by atoms with Gasteiger partial charge in [0, 0.05) is 9.58 Å². The van der Waals surface area contributed by atoms with Crippen molar-refractivity contribution in [2.45, 2.75) is 39.8 Å². The number of aryl methyl sites for hydroxylation is 1. The quantitative estimate of drug-likeness (QED) is 0.368. The second kappa shape index (κ2) is 9.16. The van der Waals surface area contributed by atoms with Crippen molar-refractivity contribution in [1.29, 1.82) is 0 Å². The van der Waals surface area contributed by atoms with Crippen molar-refractivity contribution >= 4 is 29.0 Å². The summed E-state index contributed by atoms with van der Waals surface area (Å²) < 4.78 is 24.8. The third kappa shape index (κ3) is 5.30. The van der Waals surface area contributed by atoms with Crippen LogP contribution in [-0.2, 0) is 32.6 Å². The SMILES string of the molecule is CCOP(=O)(Cc1cc2cc(Cc3ccc(CC)cc3)ccc2s1)OCC. The van der Waals surface area contributed by atoms with E-state index in [1.165, 1.54) is 26.8 Å². The highest BCUT2D eigenvalue weighted by Crippen LogP contribution is 2.52. The Hall–Kier alpha value is -1.45. The molecule has 0 saturated heterocycles. The Morgan fingerprint density at radius 1 is 0.852 bits per heavy atom. The van der Waals surface area contributed by atoms with Gasteiger partial charge in [-0.1, -0.05) is 37.3 Å². The van der Waals surface area contributed by atoms with Crippen molar-refractivity contribution in [2.24, 2.45) is 0 Å². The minimum absolute atomic E-state index is 0.335. The molecule has 144 valence electrons. The van der Waals surface area contributed by atoms with E-state index in [0.717, 1.165) is 17.7 Å². The first-order valence-corrected chi connectivity index (χ1v) is 12.1. The van der Waals surface area contributed by atoms with E-state index in [9.17, 15) is 4.57 Å². The third-order valence-corrected chi connectivity index (χ3v) is 7.83. The highest BCUT2D eigenvalue weighted by atomic mass is 32.1. The average Bonchev–Trinajstić information content (AvgIpc) is 3.03. The molecule has 0 radical (unpaired) electrons. The molecule has 1 heterocycles. The van der Waals surface area contributed by atoms with Crippen LogP contribution in [0.2, 0.25) is 0 Å². The van der Waals surface area contributed by atoms with Crippen LogP contribution in [-0.4, -0.2) is 13.2 Å². The van der Waals surface area contributed by atoms with Gasteiger partial charge in [-0.15, -0.1) is 11.3 Å². The Balaban J connectivity index is 1.78. The Bertz CT molecular complexity index is 920. The minimum atomic E-state index is -3.06. The van der Waals surface area contributed by atoms with Crippen molar-refractivity contribution in [1.82, 2.24) is 0 Å². The fourth-order valence-electron chi connectivity index (χ4n) is 3.18. The number of thiophene rings is 1. The van der Waals surface area contributed by atoms with Gasteiger partial charge in [0.05, 0.1) is 19.4 Å². The molecule has 0 fully saturated rings. The molecule has 0 aliphatic heterocycles. The van der Waals surface area contributed by atoms with Gasteiger partial charge in [0.2, 0.25) is 0 Å². The van der Waals surface area contributed by atoms with E-state index in [1.807, 2.05) is 13.8 Å². The van der Waals surface area contributed by atoms with Gasteiger partial charge >= 0.3 is 7.60 Å². The summed E-state index contributed by atoms with van der Waals surface area (Å²) in [4.78, 5) is 1.04. The lowest BCUT2D eigenvalue weighted by Crippen LogP contribution is -1.97. The Labute approximate surface area is 165 Å². The maximum atomic E-state index is 12.8. The molecular weight excluding hydrogens is 375 g/mol. The summed E-state index contributed by atoms with van der Waals surface area (Å²) in [5, 5.41) is 1.19. The maximum absolute atomic E-state index is 12.8. The van der Waals surface area contributed by atoms with E-state index < -0.39 is 7.60 Å². The minimum Gasteiger partial charge on any atom is -0.309 e. The van der Waals surface area contributed by atoms with Crippen LogP contribution in [0.4, 0.5) is 0 Å². The van der Waals surface area contributed by atoms with Gasteiger partial charge in [0.1, 0.15) is 0 Å². The molecule has 0 aliphatic rings. The van der Waals surface area contributed by atoms with Crippen LogP contribution in [0, 0.1) is 0 Å². The van der Waals surface area contributed by atoms with E-state index >= 15 is 0 Å². The summed E-state index contributed by atoms with van der Waals surface area (Å²) >= 11 is 1.66. The molecule has 0 bridgehead atoms. The molecule has 3 rings (SSSR count). The van der Waals surface area contributed by atoms with Crippen LogP contribution in [0.25, 0.3) is 10.1 Å². The summed E-state index contributed by atoms with van der Waals surface area (Å²) in [5.41, 5.74) is 3.97. The molecule has 2 aromatic carbocycles. The van der Waals surface area contributed by atoms with Gasteiger partial charge in [0.15, 0.2) is 0 Å². The molecule has 0 saturated carbocycles. The van der Waals surface area contributed by atoms with Crippen molar-refractivity contribution in [2.75, 3.05) is 13.2 Å². The summed E-state index contributed by atoms with van der Waals surface area (Å²) in [6.07, 6.45) is 2.32. The smallest absolute Gasteiger partial charge is 0.309 e. The van der Waals surface area contributed by atoms with Crippen molar-refractivity contribution in [3.63, 3.8) is 0 Å². The van der Waals surface area contributed by atoms with E-state index in [1.54, 1.807) is 11.3 Å². The van der Waals surface area contributed by atoms with Crippen LogP contribution in [0.15, 0.2) is 48.5 Å². The molecule has 0 N–H and O–H groups in total. The second-order valence-electron chi connectivity index (χ2n) is 6.54. The van der Waals surface area contributed by atoms with Crippen molar-refractivity contribution in [3.8, 4) is 0 Å². The summed E-state index contributed by atoms with van der Waals surface area (Å²) in [6.45, 7) is 6.64. The second-order valence-corrected chi connectivity index (χ2v) is 9.76. The van der Waals surface area contributed by atoms with E-state index in [0.29, 0.717) is 19.4 Å². The topological polar surface area (TPSA) is 35.5 Å². The molecule has 0 amide bonds. The number of fused-ring (bicyclic) bond motifs is 1. The monoisotopic (exact) mass is 402 g/mol. The van der Waals surface area contributed by atoms with Crippen LogP contribution in [0.1, 0.15) is 42.3 Å². The first-order valence-electron chi connectivity index (χ1n) is 9.52. The average molecular weight is 402 g/mol. The fourth-order valence-corrected chi connectivity index (χ4v) is 6.27. The molecule has 0 atom stereocenters. The summed E-state index contributed by atoms with van der Waals surface area (Å²) in [5.74, 6) is 0. The Morgan fingerprint density at radius 3 is 2.11 bits per heavy atom. The maximum Gasteiger partial charge on any atom is 0.335 e. The predicted molar refractivity (Wildman–Crippen MR) is 115 cm³/mol. The first-order chi connectivity index (χ1) is 13.0. The number of hydrogen-bond acceptors (Lipinski definition) is 4. The fraction of sp³-hybridized carbons (Fsp3) is 0.364. The van der Waals surface area contributed by atoms with Gasteiger partial charge in [-0.25, -0.2) is 0 Å². The van der Waals surface area contributed by atoms with Gasteiger partial charge in [-0.3, -0.25) is 4.57 Å². The van der Waals surface area contributed by atoms with Crippen LogP contribution < -0.4 is 0 Å². The zero-order valence-electron chi connectivity index (χ0n) is 16.2. The Morgan fingerprint density at radius 2 is 1.48 bits per heavy atom. The lowest BCUT2D eigenvalue weighted by Gasteiger charge is -2.15. The lowest BCUT2D eigenvalue weighted by molar-refractivity contribution is 0.219. The number of hydrogen-bond donors (Lipinski definition) is 0.